The zero-order valence-corrected chi connectivity index (χ0v) is 27.2. The molecule has 0 aliphatic carbocycles. The van der Waals surface area contributed by atoms with Gasteiger partial charge in [0.15, 0.2) is 0 Å². The Morgan fingerprint density at radius 2 is 1.92 bits per heavy atom. The number of carbonyl (C=O) groups excluding carboxylic acids is 1. The van der Waals surface area contributed by atoms with Crippen LogP contribution in [-0.2, 0) is 24.3 Å². The van der Waals surface area contributed by atoms with Crippen LogP contribution in [0.3, 0.4) is 0 Å². The van der Waals surface area contributed by atoms with Gasteiger partial charge in [0.2, 0.25) is 5.91 Å². The van der Waals surface area contributed by atoms with Gasteiger partial charge in [0, 0.05) is 59.7 Å². The predicted molar refractivity (Wildman–Crippen MR) is 183 cm³/mol. The molecule has 248 valence electrons. The molecule has 1 atom stereocenters. The molecule has 13 heteroatoms. The van der Waals surface area contributed by atoms with Gasteiger partial charge >= 0.3 is 6.18 Å². The Balaban J connectivity index is 1.10. The van der Waals surface area contributed by atoms with E-state index in [0.29, 0.717) is 34.0 Å². The van der Waals surface area contributed by atoms with Crippen LogP contribution in [0.4, 0.5) is 24.7 Å². The van der Waals surface area contributed by atoms with Crippen LogP contribution in [0.5, 0.6) is 0 Å². The van der Waals surface area contributed by atoms with Crippen LogP contribution in [0.1, 0.15) is 46.1 Å². The van der Waals surface area contributed by atoms with E-state index in [1.165, 1.54) is 18.0 Å². The number of aromatic nitrogens is 3. The third-order valence-electron chi connectivity index (χ3n) is 8.83. The summed E-state index contributed by atoms with van der Waals surface area (Å²) in [6, 6.07) is 17.1. The van der Waals surface area contributed by atoms with Crippen molar-refractivity contribution < 1.29 is 18.0 Å². The maximum Gasteiger partial charge on any atom is 0.393 e. The van der Waals surface area contributed by atoms with E-state index in [2.05, 4.69) is 57.2 Å². The Labute approximate surface area is 279 Å². The molecule has 5 aromatic rings. The highest BCUT2D eigenvalue weighted by atomic mass is 32.1. The fourth-order valence-corrected chi connectivity index (χ4v) is 7.29. The van der Waals surface area contributed by atoms with Gasteiger partial charge in [-0.1, -0.05) is 24.8 Å². The van der Waals surface area contributed by atoms with Gasteiger partial charge in [0.1, 0.15) is 28.7 Å². The highest BCUT2D eigenvalue weighted by Crippen LogP contribution is 2.34. The first-order valence-electron chi connectivity index (χ1n) is 15.6. The average molecular weight is 673 g/mol. The predicted octanol–water partition coefficient (Wildman–Crippen LogP) is 6.83. The lowest BCUT2D eigenvalue weighted by Gasteiger charge is -2.33. The third-order valence-corrected chi connectivity index (χ3v) is 9.87. The standard InChI is InChI=1S/C35H35F3N8OS/c1-3-32(47)43-24-7-4-22(5-8-24)30(40)19-46-26(17-39)14-28-21(2)23(6-9-31(28)46)18-45-12-10-25(11-13-45)44-33-29-15-27(16-35(36,37)38)48-34(29)42-20-41-33/h3-9,14-15,20,25,30H,1,10-13,16,18-19,40H2,2H3,(H,43,47)(H,41,42,44). The number of rotatable bonds is 10. The van der Waals surface area contributed by atoms with Crippen molar-refractivity contribution in [2.75, 3.05) is 23.7 Å². The lowest BCUT2D eigenvalue weighted by molar-refractivity contribution is -0.126. The topological polar surface area (TPSA) is 125 Å². The van der Waals surface area contributed by atoms with Gasteiger partial charge in [-0.15, -0.1) is 11.3 Å². The highest BCUT2D eigenvalue weighted by Gasteiger charge is 2.29. The molecule has 4 heterocycles. The van der Waals surface area contributed by atoms with Crippen molar-refractivity contribution in [3.63, 3.8) is 0 Å². The van der Waals surface area contributed by atoms with E-state index < -0.39 is 12.6 Å². The molecule has 3 aromatic heterocycles. The monoisotopic (exact) mass is 672 g/mol. The number of amides is 1. The Hall–Kier alpha value is -4.77. The number of nitrogens with one attached hydrogen (secondary N) is 2. The summed E-state index contributed by atoms with van der Waals surface area (Å²) in [5.41, 5.74) is 11.9. The Morgan fingerprint density at radius 3 is 2.60 bits per heavy atom. The zero-order valence-electron chi connectivity index (χ0n) is 26.3. The number of thiophene rings is 1. The maximum atomic E-state index is 12.9. The van der Waals surface area contributed by atoms with Gasteiger partial charge in [-0.05, 0) is 72.9 Å². The molecule has 0 bridgehead atoms. The molecule has 1 amide bonds. The highest BCUT2D eigenvalue weighted by molar-refractivity contribution is 7.18. The summed E-state index contributed by atoms with van der Waals surface area (Å²) in [5, 5.41) is 17.8. The second-order valence-corrected chi connectivity index (χ2v) is 13.2. The third kappa shape index (κ3) is 7.36. The van der Waals surface area contributed by atoms with Crippen molar-refractivity contribution >= 4 is 49.9 Å². The molecule has 0 radical (unpaired) electrons. The van der Waals surface area contributed by atoms with Crippen molar-refractivity contribution in [2.45, 2.75) is 57.5 Å². The number of likely N-dealkylation sites (tertiary alicyclic amines) is 1. The number of carbonyl (C=O) groups is 1. The van der Waals surface area contributed by atoms with Crippen LogP contribution in [-0.4, -0.2) is 50.6 Å². The lowest BCUT2D eigenvalue weighted by Crippen LogP contribution is -2.39. The summed E-state index contributed by atoms with van der Waals surface area (Å²) in [4.78, 5) is 23.3. The van der Waals surface area contributed by atoms with Gasteiger partial charge in [0.05, 0.1) is 11.8 Å². The van der Waals surface area contributed by atoms with E-state index in [9.17, 15) is 23.2 Å². The minimum atomic E-state index is -4.27. The second kappa shape index (κ2) is 13.8. The molecule has 1 aliphatic rings. The quantitative estimate of drug-likeness (QED) is 0.139. The number of hydrogen-bond donors (Lipinski definition) is 3. The summed E-state index contributed by atoms with van der Waals surface area (Å²) in [6.07, 6.45) is -0.905. The minimum absolute atomic E-state index is 0.146. The van der Waals surface area contributed by atoms with Crippen molar-refractivity contribution in [1.29, 1.82) is 5.26 Å². The molecular formula is C35H35F3N8OS. The Morgan fingerprint density at radius 1 is 1.17 bits per heavy atom. The Kier molecular flexibility index (Phi) is 9.50. The first-order valence-corrected chi connectivity index (χ1v) is 16.4. The van der Waals surface area contributed by atoms with E-state index in [1.54, 1.807) is 18.2 Å². The molecule has 2 aromatic carbocycles. The summed E-state index contributed by atoms with van der Waals surface area (Å²) in [7, 11) is 0. The summed E-state index contributed by atoms with van der Waals surface area (Å²) < 4.78 is 40.8. The van der Waals surface area contributed by atoms with Gasteiger partial charge in [0.25, 0.3) is 0 Å². The molecule has 0 saturated carbocycles. The number of fused-ring (bicyclic) bond motifs is 2. The Bertz CT molecular complexity index is 2000. The van der Waals surface area contributed by atoms with Crippen molar-refractivity contribution in [3.8, 4) is 6.07 Å². The molecule has 1 aliphatic heterocycles. The second-order valence-electron chi connectivity index (χ2n) is 12.1. The molecular weight excluding hydrogens is 638 g/mol. The molecule has 9 nitrogen and oxygen atoms in total. The normalized spacial score (nSPS) is 15.0. The molecule has 48 heavy (non-hydrogen) atoms. The summed E-state index contributed by atoms with van der Waals surface area (Å²) in [5.74, 6) is 0.293. The maximum absolute atomic E-state index is 12.9. The molecule has 1 fully saturated rings. The van der Waals surface area contributed by atoms with Crippen LogP contribution in [0.25, 0.3) is 21.1 Å². The zero-order chi connectivity index (χ0) is 34.0. The van der Waals surface area contributed by atoms with Gasteiger partial charge in [-0.2, -0.15) is 18.4 Å². The summed E-state index contributed by atoms with van der Waals surface area (Å²) >= 11 is 1.05. The van der Waals surface area contributed by atoms with Crippen LogP contribution in [0.15, 0.2) is 67.5 Å². The number of anilines is 2. The molecule has 1 saturated heterocycles. The fourth-order valence-electron chi connectivity index (χ4n) is 6.27. The number of nitrogens with two attached hydrogens (primary N) is 1. The number of nitrogens with zero attached hydrogens (tertiary/aromatic N) is 5. The first-order chi connectivity index (χ1) is 23.0. The van der Waals surface area contributed by atoms with Crippen LogP contribution in [0.2, 0.25) is 0 Å². The number of benzene rings is 2. The smallest absolute Gasteiger partial charge is 0.367 e. The number of hydrogen-bond acceptors (Lipinski definition) is 8. The van der Waals surface area contributed by atoms with Gasteiger partial charge in [-0.25, -0.2) is 9.97 Å². The summed E-state index contributed by atoms with van der Waals surface area (Å²) in [6.45, 7) is 8.42. The van der Waals surface area contributed by atoms with E-state index in [1.807, 2.05) is 22.8 Å². The number of nitriles is 1. The lowest BCUT2D eigenvalue weighted by atomic mass is 10.0. The number of alkyl halides is 3. The van der Waals surface area contributed by atoms with Crippen molar-refractivity contribution in [1.82, 2.24) is 19.4 Å². The molecule has 4 N–H and O–H groups in total. The van der Waals surface area contributed by atoms with E-state index in [-0.39, 0.29) is 22.9 Å². The number of halogens is 3. The van der Waals surface area contributed by atoms with Crippen LogP contribution in [0, 0.1) is 18.3 Å². The average Bonchev–Trinajstić information content (AvgIpc) is 3.64. The van der Waals surface area contributed by atoms with Gasteiger partial charge < -0.3 is 20.9 Å². The molecule has 1 unspecified atom stereocenters. The van der Waals surface area contributed by atoms with Crippen molar-refractivity contribution in [3.05, 3.63) is 94.8 Å². The SMILES string of the molecule is C=CC(=O)Nc1ccc(C(N)Cn2c(C#N)cc3c(C)c(CN4CCC(Nc5ncnc6sc(CC(F)(F)F)cc56)CC4)ccc32)cc1. The van der Waals surface area contributed by atoms with E-state index in [4.69, 9.17) is 5.73 Å². The largest absolute Gasteiger partial charge is 0.393 e. The van der Waals surface area contributed by atoms with Gasteiger partial charge in [-0.3, -0.25) is 9.69 Å². The molecule has 0 spiro atoms. The number of piperidine rings is 1. The molecule has 6 rings (SSSR count). The van der Waals surface area contributed by atoms with E-state index in [0.717, 1.165) is 65.8 Å². The van der Waals surface area contributed by atoms with Crippen LogP contribution >= 0.6 is 11.3 Å². The first kappa shape index (κ1) is 33.1. The van der Waals surface area contributed by atoms with E-state index >= 15 is 0 Å². The minimum Gasteiger partial charge on any atom is -0.367 e. The van der Waals surface area contributed by atoms with Crippen LogP contribution < -0.4 is 16.4 Å². The van der Waals surface area contributed by atoms with Crippen molar-refractivity contribution in [2.24, 2.45) is 5.73 Å². The number of aryl methyl sites for hydroxylation is 1. The fraction of sp³-hybridized carbons (Fsp3) is 0.314.